The first-order chi connectivity index (χ1) is 4.75. The molecule has 1 heterocycles. The number of ether oxygens (including phenoxy) is 1. The third-order valence-electron chi connectivity index (χ3n) is 1.40. The average molecular weight is 162 g/mol. The summed E-state index contributed by atoms with van der Waals surface area (Å²) in [5.74, 6) is -0.181. The summed E-state index contributed by atoms with van der Waals surface area (Å²) in [6.07, 6.45) is 0. The molecule has 1 N–H and O–H groups in total. The van der Waals surface area contributed by atoms with Gasteiger partial charge >= 0.3 is 5.97 Å². The number of likely N-dealkylation sites (N-methyl/N-ethyl adjacent to an activating group) is 1. The van der Waals surface area contributed by atoms with E-state index in [-0.39, 0.29) is 12.0 Å². The van der Waals surface area contributed by atoms with Gasteiger partial charge in [0.05, 0.1) is 7.11 Å². The summed E-state index contributed by atoms with van der Waals surface area (Å²) in [7, 11) is 3.26. The summed E-state index contributed by atoms with van der Waals surface area (Å²) in [5.41, 5.74) is 0. The first-order valence-electron chi connectivity index (χ1n) is 2.96. The van der Waals surface area contributed by atoms with Crippen molar-refractivity contribution in [3.8, 4) is 0 Å². The van der Waals surface area contributed by atoms with Crippen molar-refractivity contribution < 1.29 is 9.53 Å². The number of nitrogens with zero attached hydrogens (tertiary/aromatic N) is 1. The Morgan fingerprint density at radius 2 is 2.60 bits per heavy atom. The van der Waals surface area contributed by atoms with E-state index in [4.69, 9.17) is 0 Å². The first kappa shape index (κ1) is 7.84. The van der Waals surface area contributed by atoms with Crippen molar-refractivity contribution in [3.63, 3.8) is 0 Å². The fourth-order valence-electron chi connectivity index (χ4n) is 0.778. The molecular weight excluding hydrogens is 152 g/mol. The SMILES string of the molecule is COC(=O)C1CNSN1C. The number of rotatable bonds is 1. The number of carbonyl (C=O) groups is 1. The van der Waals surface area contributed by atoms with Crippen LogP contribution < -0.4 is 4.72 Å². The molecule has 0 aromatic rings. The summed E-state index contributed by atoms with van der Waals surface area (Å²) in [6.45, 7) is 0.661. The number of nitrogens with one attached hydrogen (secondary N) is 1. The van der Waals surface area contributed by atoms with E-state index in [0.29, 0.717) is 6.54 Å². The van der Waals surface area contributed by atoms with Crippen LogP contribution in [0.2, 0.25) is 0 Å². The number of methoxy groups -OCH3 is 1. The highest BCUT2D eigenvalue weighted by Crippen LogP contribution is 2.15. The molecule has 1 saturated heterocycles. The molecule has 1 rings (SSSR count). The van der Waals surface area contributed by atoms with E-state index in [1.54, 1.807) is 0 Å². The molecule has 1 fully saturated rings. The molecule has 0 bridgehead atoms. The highest BCUT2D eigenvalue weighted by molar-refractivity contribution is 7.95. The second-order valence-corrected chi connectivity index (χ2v) is 3.07. The number of esters is 1. The molecule has 1 unspecified atom stereocenters. The Morgan fingerprint density at radius 3 is 3.00 bits per heavy atom. The van der Waals surface area contributed by atoms with Crippen molar-refractivity contribution in [1.29, 1.82) is 0 Å². The molecule has 10 heavy (non-hydrogen) atoms. The lowest BCUT2D eigenvalue weighted by Crippen LogP contribution is -2.33. The number of hydrogen-bond acceptors (Lipinski definition) is 5. The monoisotopic (exact) mass is 162 g/mol. The third kappa shape index (κ3) is 1.42. The summed E-state index contributed by atoms with van der Waals surface area (Å²) in [4.78, 5) is 10.9. The van der Waals surface area contributed by atoms with Crippen molar-refractivity contribution in [2.45, 2.75) is 6.04 Å². The summed E-state index contributed by atoms with van der Waals surface area (Å²) >= 11 is 1.43. The van der Waals surface area contributed by atoms with Crippen LogP contribution in [0, 0.1) is 0 Å². The molecule has 0 spiro atoms. The quantitative estimate of drug-likeness (QED) is 0.421. The maximum absolute atomic E-state index is 10.9. The molecule has 0 amide bonds. The van der Waals surface area contributed by atoms with Crippen LogP contribution in [0.1, 0.15) is 0 Å². The van der Waals surface area contributed by atoms with Gasteiger partial charge in [-0.2, -0.15) is 0 Å². The number of carbonyl (C=O) groups excluding carboxylic acids is 1. The van der Waals surface area contributed by atoms with Crippen LogP contribution >= 0.6 is 12.1 Å². The van der Waals surface area contributed by atoms with Crippen LogP contribution in [0.15, 0.2) is 0 Å². The van der Waals surface area contributed by atoms with Crippen molar-refractivity contribution >= 4 is 18.1 Å². The van der Waals surface area contributed by atoms with E-state index in [1.165, 1.54) is 19.2 Å². The van der Waals surface area contributed by atoms with Gasteiger partial charge in [-0.1, -0.05) is 0 Å². The Kier molecular flexibility index (Phi) is 2.53. The Balaban J connectivity index is 2.46. The second kappa shape index (κ2) is 3.23. The van der Waals surface area contributed by atoms with Gasteiger partial charge < -0.3 is 4.74 Å². The zero-order chi connectivity index (χ0) is 7.56. The molecule has 4 nitrogen and oxygen atoms in total. The van der Waals surface area contributed by atoms with Crippen LogP contribution in [-0.2, 0) is 9.53 Å². The molecule has 1 aliphatic heterocycles. The van der Waals surface area contributed by atoms with E-state index in [1.807, 2.05) is 11.4 Å². The minimum Gasteiger partial charge on any atom is -0.468 e. The van der Waals surface area contributed by atoms with Gasteiger partial charge in [-0.3, -0.25) is 4.79 Å². The van der Waals surface area contributed by atoms with Crippen LogP contribution in [0.25, 0.3) is 0 Å². The molecule has 0 radical (unpaired) electrons. The molecule has 1 atom stereocenters. The highest BCUT2D eigenvalue weighted by atomic mass is 32.2. The Labute approximate surface area is 64.2 Å². The molecule has 0 saturated carbocycles. The lowest BCUT2D eigenvalue weighted by atomic mass is 10.3. The minimum atomic E-state index is -0.181. The molecular formula is C5H10N2O2S. The van der Waals surface area contributed by atoms with Crippen molar-refractivity contribution in [3.05, 3.63) is 0 Å². The van der Waals surface area contributed by atoms with E-state index < -0.39 is 0 Å². The van der Waals surface area contributed by atoms with E-state index in [2.05, 4.69) is 9.46 Å². The van der Waals surface area contributed by atoms with Gasteiger partial charge in [0.1, 0.15) is 6.04 Å². The summed E-state index contributed by atoms with van der Waals surface area (Å²) in [6, 6.07) is -0.130. The predicted molar refractivity (Wildman–Crippen MR) is 39.2 cm³/mol. The molecule has 0 aliphatic carbocycles. The fraction of sp³-hybridized carbons (Fsp3) is 0.800. The van der Waals surface area contributed by atoms with Crippen LogP contribution in [0.5, 0.6) is 0 Å². The third-order valence-corrected chi connectivity index (χ3v) is 2.24. The number of hydrogen-bond donors (Lipinski definition) is 1. The largest absolute Gasteiger partial charge is 0.468 e. The Morgan fingerprint density at radius 1 is 1.90 bits per heavy atom. The van der Waals surface area contributed by atoms with Gasteiger partial charge in [-0.05, 0) is 7.05 Å². The molecule has 5 heteroatoms. The normalized spacial score (nSPS) is 26.8. The van der Waals surface area contributed by atoms with E-state index in [9.17, 15) is 4.79 Å². The van der Waals surface area contributed by atoms with Crippen molar-refractivity contribution in [2.24, 2.45) is 0 Å². The van der Waals surface area contributed by atoms with Crippen LogP contribution in [0.3, 0.4) is 0 Å². The Hall–Kier alpha value is -0.260. The summed E-state index contributed by atoms with van der Waals surface area (Å²) < 4.78 is 9.39. The molecule has 1 aliphatic rings. The predicted octanol–water partition coefficient (Wildman–Crippen LogP) is -0.374. The fourth-order valence-corrected chi connectivity index (χ4v) is 1.50. The maximum Gasteiger partial charge on any atom is 0.325 e. The van der Waals surface area contributed by atoms with Gasteiger partial charge in [0.2, 0.25) is 0 Å². The Bertz CT molecular complexity index is 142. The van der Waals surface area contributed by atoms with Crippen LogP contribution in [-0.4, -0.2) is 37.0 Å². The highest BCUT2D eigenvalue weighted by Gasteiger charge is 2.29. The zero-order valence-corrected chi connectivity index (χ0v) is 6.77. The average Bonchev–Trinajstić information content (AvgIpc) is 2.34. The molecule has 0 aromatic heterocycles. The van der Waals surface area contributed by atoms with Gasteiger partial charge in [-0.15, -0.1) is 0 Å². The van der Waals surface area contributed by atoms with Crippen LogP contribution in [0.4, 0.5) is 0 Å². The second-order valence-electron chi connectivity index (χ2n) is 2.02. The van der Waals surface area contributed by atoms with E-state index in [0.717, 1.165) is 0 Å². The van der Waals surface area contributed by atoms with Crippen molar-refractivity contribution in [1.82, 2.24) is 9.03 Å². The maximum atomic E-state index is 10.9. The zero-order valence-electron chi connectivity index (χ0n) is 5.96. The lowest BCUT2D eigenvalue weighted by Gasteiger charge is -2.12. The first-order valence-corrected chi connectivity index (χ1v) is 3.73. The van der Waals surface area contributed by atoms with Gasteiger partial charge in [0.15, 0.2) is 0 Å². The standard InChI is InChI=1S/C5H10N2O2S/c1-7-4(3-6-10-7)5(8)9-2/h4,6H,3H2,1-2H3. The lowest BCUT2D eigenvalue weighted by molar-refractivity contribution is -0.144. The topological polar surface area (TPSA) is 41.6 Å². The van der Waals surface area contributed by atoms with Gasteiger partial charge in [0, 0.05) is 18.7 Å². The van der Waals surface area contributed by atoms with Crippen molar-refractivity contribution in [2.75, 3.05) is 20.7 Å². The van der Waals surface area contributed by atoms with Gasteiger partial charge in [0.25, 0.3) is 0 Å². The van der Waals surface area contributed by atoms with Gasteiger partial charge in [-0.25, -0.2) is 9.03 Å². The van der Waals surface area contributed by atoms with E-state index >= 15 is 0 Å². The minimum absolute atomic E-state index is 0.130. The smallest absolute Gasteiger partial charge is 0.325 e. The summed E-state index contributed by atoms with van der Waals surface area (Å²) in [5, 5.41) is 0. The molecule has 58 valence electrons. The molecule has 0 aromatic carbocycles.